The minimum atomic E-state index is -0.511. The van der Waals surface area contributed by atoms with Crippen molar-refractivity contribution in [2.45, 2.75) is 12.6 Å². The number of imidazole rings is 1. The molecule has 2 aromatic rings. The van der Waals surface area contributed by atoms with Gasteiger partial charge in [0.25, 0.3) is 0 Å². The fourth-order valence-corrected chi connectivity index (χ4v) is 2.14. The molecule has 1 atom stereocenters. The number of aromatic nitrogens is 2. The first-order valence-electron chi connectivity index (χ1n) is 5.77. The number of nitrogens with zero attached hydrogens (tertiary/aromatic N) is 2. The van der Waals surface area contributed by atoms with Crippen LogP contribution in [0.3, 0.4) is 0 Å². The molecule has 1 heterocycles. The van der Waals surface area contributed by atoms with Gasteiger partial charge in [0.15, 0.2) is 0 Å². The molecule has 1 aromatic carbocycles. The first kappa shape index (κ1) is 13.3. The van der Waals surface area contributed by atoms with Crippen molar-refractivity contribution in [1.29, 1.82) is 0 Å². The van der Waals surface area contributed by atoms with Crippen molar-refractivity contribution in [1.82, 2.24) is 14.9 Å². The van der Waals surface area contributed by atoms with E-state index in [9.17, 15) is 5.11 Å². The zero-order valence-corrected chi connectivity index (χ0v) is 11.8. The largest absolute Gasteiger partial charge is 0.387 e. The number of aryl methyl sites for hydroxylation is 1. The Bertz CT molecular complexity index is 512. The topological polar surface area (TPSA) is 50.1 Å². The molecule has 0 radical (unpaired) electrons. The number of aliphatic hydroxyl groups excluding tert-OH is 1. The average molecular weight is 310 g/mol. The van der Waals surface area contributed by atoms with E-state index in [4.69, 9.17) is 0 Å². The van der Waals surface area contributed by atoms with Gasteiger partial charge in [-0.3, -0.25) is 0 Å². The molecule has 18 heavy (non-hydrogen) atoms. The number of hydrogen-bond acceptors (Lipinski definition) is 3. The van der Waals surface area contributed by atoms with Crippen molar-refractivity contribution in [2.75, 3.05) is 6.54 Å². The number of benzene rings is 1. The van der Waals surface area contributed by atoms with E-state index < -0.39 is 6.10 Å². The highest BCUT2D eigenvalue weighted by atomic mass is 79.9. The van der Waals surface area contributed by atoms with Gasteiger partial charge in [-0.05, 0) is 17.7 Å². The zero-order valence-electron chi connectivity index (χ0n) is 10.2. The average Bonchev–Trinajstić information content (AvgIpc) is 2.75. The summed E-state index contributed by atoms with van der Waals surface area (Å²) >= 11 is 3.39. The van der Waals surface area contributed by atoms with Crippen molar-refractivity contribution in [2.24, 2.45) is 7.05 Å². The van der Waals surface area contributed by atoms with Crippen LogP contribution in [0.2, 0.25) is 0 Å². The summed E-state index contributed by atoms with van der Waals surface area (Å²) in [6.45, 7) is 1.15. The maximum Gasteiger partial charge on any atom is 0.122 e. The third-order valence-electron chi connectivity index (χ3n) is 2.78. The fourth-order valence-electron chi connectivity index (χ4n) is 1.72. The van der Waals surface area contributed by atoms with E-state index in [0.29, 0.717) is 13.1 Å². The van der Waals surface area contributed by atoms with E-state index in [0.717, 1.165) is 15.9 Å². The minimum absolute atomic E-state index is 0.503. The second-order valence-corrected chi connectivity index (χ2v) is 5.07. The van der Waals surface area contributed by atoms with E-state index in [1.165, 1.54) is 0 Å². The monoisotopic (exact) mass is 309 g/mol. The third-order valence-corrected chi connectivity index (χ3v) is 3.27. The highest BCUT2D eigenvalue weighted by Gasteiger charge is 2.07. The van der Waals surface area contributed by atoms with Crippen LogP contribution >= 0.6 is 15.9 Å². The van der Waals surface area contributed by atoms with E-state index in [2.05, 4.69) is 26.2 Å². The van der Waals surface area contributed by atoms with Gasteiger partial charge in [-0.1, -0.05) is 28.1 Å². The van der Waals surface area contributed by atoms with Crippen LogP contribution in [0, 0.1) is 0 Å². The molecule has 2 N–H and O–H groups in total. The Morgan fingerprint density at radius 3 is 3.00 bits per heavy atom. The first-order valence-corrected chi connectivity index (χ1v) is 6.56. The Hall–Kier alpha value is -1.17. The second kappa shape index (κ2) is 6.13. The van der Waals surface area contributed by atoms with Crippen molar-refractivity contribution in [3.8, 4) is 0 Å². The number of aliphatic hydroxyl groups is 1. The highest BCUT2D eigenvalue weighted by Crippen LogP contribution is 2.17. The molecule has 0 spiro atoms. The van der Waals surface area contributed by atoms with Gasteiger partial charge >= 0.3 is 0 Å². The molecule has 2 rings (SSSR count). The standard InChI is InChI=1S/C13H16BrN3O/c1-17-6-5-16-13(17)9-15-8-12(18)10-3-2-4-11(14)7-10/h2-7,12,15,18H,8-9H2,1H3. The summed E-state index contributed by atoms with van der Waals surface area (Å²) < 4.78 is 2.93. The Morgan fingerprint density at radius 1 is 1.50 bits per heavy atom. The van der Waals surface area contributed by atoms with Crippen LogP contribution in [0.4, 0.5) is 0 Å². The van der Waals surface area contributed by atoms with Gasteiger partial charge in [-0.2, -0.15) is 0 Å². The Kier molecular flexibility index (Phi) is 4.52. The van der Waals surface area contributed by atoms with Gasteiger partial charge in [0, 0.05) is 30.5 Å². The molecule has 0 fully saturated rings. The summed E-state index contributed by atoms with van der Waals surface area (Å²) in [5.74, 6) is 0.955. The molecule has 96 valence electrons. The van der Waals surface area contributed by atoms with Crippen LogP contribution in [-0.4, -0.2) is 21.2 Å². The lowest BCUT2D eigenvalue weighted by atomic mass is 10.1. The van der Waals surface area contributed by atoms with E-state index in [-0.39, 0.29) is 0 Å². The normalized spacial score (nSPS) is 12.6. The SMILES string of the molecule is Cn1ccnc1CNCC(O)c1cccc(Br)c1. The summed E-state index contributed by atoms with van der Waals surface area (Å²) in [5, 5.41) is 13.2. The van der Waals surface area contributed by atoms with Gasteiger partial charge < -0.3 is 15.0 Å². The molecule has 0 amide bonds. The van der Waals surface area contributed by atoms with Gasteiger partial charge in [0.2, 0.25) is 0 Å². The van der Waals surface area contributed by atoms with Gasteiger partial charge in [-0.25, -0.2) is 4.98 Å². The van der Waals surface area contributed by atoms with E-state index in [1.54, 1.807) is 6.20 Å². The molecule has 1 aromatic heterocycles. The van der Waals surface area contributed by atoms with Gasteiger partial charge in [0.05, 0.1) is 12.6 Å². The summed E-state index contributed by atoms with van der Waals surface area (Å²) in [4.78, 5) is 4.21. The molecule has 0 saturated heterocycles. The Balaban J connectivity index is 1.85. The second-order valence-electron chi connectivity index (χ2n) is 4.16. The molecule has 1 unspecified atom stereocenters. The van der Waals surface area contributed by atoms with Crippen LogP contribution in [0.25, 0.3) is 0 Å². The number of halogens is 1. The number of rotatable bonds is 5. The zero-order chi connectivity index (χ0) is 13.0. The van der Waals surface area contributed by atoms with E-state index in [1.807, 2.05) is 42.1 Å². The minimum Gasteiger partial charge on any atom is -0.387 e. The molecule has 0 bridgehead atoms. The van der Waals surface area contributed by atoms with E-state index >= 15 is 0 Å². The fraction of sp³-hybridized carbons (Fsp3) is 0.308. The summed E-state index contributed by atoms with van der Waals surface area (Å²) in [6, 6.07) is 7.70. The molecule has 0 aliphatic rings. The Morgan fingerprint density at radius 2 is 2.33 bits per heavy atom. The lowest BCUT2D eigenvalue weighted by molar-refractivity contribution is 0.174. The molecule has 0 saturated carbocycles. The van der Waals surface area contributed by atoms with Crippen LogP contribution in [-0.2, 0) is 13.6 Å². The third kappa shape index (κ3) is 3.41. The molecular weight excluding hydrogens is 294 g/mol. The maximum absolute atomic E-state index is 10.0. The quantitative estimate of drug-likeness (QED) is 0.888. The number of nitrogens with one attached hydrogen (secondary N) is 1. The molecular formula is C13H16BrN3O. The number of hydrogen-bond donors (Lipinski definition) is 2. The maximum atomic E-state index is 10.0. The van der Waals surface area contributed by atoms with Gasteiger partial charge in [-0.15, -0.1) is 0 Å². The van der Waals surface area contributed by atoms with Gasteiger partial charge in [0.1, 0.15) is 5.82 Å². The predicted octanol–water partition coefficient (Wildman–Crippen LogP) is 2.01. The van der Waals surface area contributed by atoms with Crippen molar-refractivity contribution in [3.63, 3.8) is 0 Å². The van der Waals surface area contributed by atoms with Crippen molar-refractivity contribution < 1.29 is 5.11 Å². The smallest absolute Gasteiger partial charge is 0.122 e. The van der Waals surface area contributed by atoms with Crippen molar-refractivity contribution in [3.05, 3.63) is 52.5 Å². The van der Waals surface area contributed by atoms with Crippen LogP contribution in [0.15, 0.2) is 41.1 Å². The lowest BCUT2D eigenvalue weighted by Gasteiger charge is -2.12. The molecule has 4 nitrogen and oxygen atoms in total. The lowest BCUT2D eigenvalue weighted by Crippen LogP contribution is -2.22. The molecule has 0 aliphatic heterocycles. The van der Waals surface area contributed by atoms with Crippen LogP contribution in [0.5, 0.6) is 0 Å². The van der Waals surface area contributed by atoms with Crippen LogP contribution < -0.4 is 5.32 Å². The van der Waals surface area contributed by atoms with Crippen LogP contribution in [0.1, 0.15) is 17.5 Å². The molecule has 0 aliphatic carbocycles. The molecule has 5 heteroatoms. The first-order chi connectivity index (χ1) is 8.66. The summed E-state index contributed by atoms with van der Waals surface area (Å²) in [7, 11) is 1.95. The summed E-state index contributed by atoms with van der Waals surface area (Å²) in [5.41, 5.74) is 0.900. The highest BCUT2D eigenvalue weighted by molar-refractivity contribution is 9.10. The summed E-state index contributed by atoms with van der Waals surface area (Å²) in [6.07, 6.45) is 3.16. The predicted molar refractivity (Wildman–Crippen MR) is 74.0 cm³/mol. The Labute approximate surface area is 115 Å². The van der Waals surface area contributed by atoms with Crippen molar-refractivity contribution >= 4 is 15.9 Å².